The highest BCUT2D eigenvalue weighted by molar-refractivity contribution is 5.48. The van der Waals surface area contributed by atoms with E-state index in [0.29, 0.717) is 18.0 Å². The summed E-state index contributed by atoms with van der Waals surface area (Å²) in [6.45, 7) is 0.645. The number of nitrogens with zero attached hydrogens (tertiary/aromatic N) is 3. The van der Waals surface area contributed by atoms with Crippen LogP contribution >= 0.6 is 0 Å². The number of anilines is 1. The van der Waals surface area contributed by atoms with E-state index in [9.17, 15) is 4.79 Å². The van der Waals surface area contributed by atoms with Crippen LogP contribution in [0.3, 0.4) is 0 Å². The zero-order chi connectivity index (χ0) is 15.5. The normalized spacial score (nSPS) is 10.6. The fourth-order valence-corrected chi connectivity index (χ4v) is 2.36. The maximum Gasteiger partial charge on any atom is 0.259 e. The van der Waals surface area contributed by atoms with Gasteiger partial charge in [0, 0.05) is 25.9 Å². The highest BCUT2D eigenvalue weighted by atomic mass is 16.5. The van der Waals surface area contributed by atoms with Crippen molar-refractivity contribution in [2.45, 2.75) is 6.54 Å². The molecule has 0 aliphatic heterocycles. The minimum Gasteiger partial charge on any atom is -0.497 e. The Balaban J connectivity index is 1.91. The summed E-state index contributed by atoms with van der Waals surface area (Å²) < 4.78 is 6.76. The summed E-state index contributed by atoms with van der Waals surface area (Å²) in [7, 11) is 3.56. The van der Waals surface area contributed by atoms with Crippen molar-refractivity contribution in [3.05, 3.63) is 70.6 Å². The molecular formula is C17H17N3O2. The highest BCUT2D eigenvalue weighted by Gasteiger charge is 2.07. The molecule has 0 aliphatic carbocycles. The molecule has 5 heteroatoms. The standard InChI is InChI=1S/C17H17N3O2/c1-19(12-13-6-5-7-14(10-13)22-2)16-11-17(21)20-9-4-3-8-15(20)18-16/h3-11H,12H2,1-2H3. The van der Waals surface area contributed by atoms with Crippen LogP contribution in [-0.4, -0.2) is 23.5 Å². The van der Waals surface area contributed by atoms with Crippen molar-refractivity contribution in [3.63, 3.8) is 0 Å². The minimum absolute atomic E-state index is 0.0851. The zero-order valence-electron chi connectivity index (χ0n) is 12.6. The Morgan fingerprint density at radius 2 is 2.05 bits per heavy atom. The third-order valence-electron chi connectivity index (χ3n) is 3.50. The van der Waals surface area contributed by atoms with E-state index in [4.69, 9.17) is 4.74 Å². The van der Waals surface area contributed by atoms with Gasteiger partial charge in [-0.3, -0.25) is 9.20 Å². The monoisotopic (exact) mass is 295 g/mol. The van der Waals surface area contributed by atoms with Gasteiger partial charge in [-0.05, 0) is 29.8 Å². The molecule has 0 atom stereocenters. The van der Waals surface area contributed by atoms with E-state index in [1.807, 2.05) is 54.4 Å². The van der Waals surface area contributed by atoms with Crippen LogP contribution in [0.15, 0.2) is 59.5 Å². The summed E-state index contributed by atoms with van der Waals surface area (Å²) >= 11 is 0. The number of pyridine rings is 1. The van der Waals surface area contributed by atoms with Crippen LogP contribution in [-0.2, 0) is 6.54 Å². The first kappa shape index (κ1) is 14.1. The lowest BCUT2D eigenvalue weighted by molar-refractivity contribution is 0.414. The molecule has 0 spiro atoms. The number of methoxy groups -OCH3 is 1. The molecule has 0 aliphatic rings. The molecule has 0 radical (unpaired) electrons. The zero-order valence-corrected chi connectivity index (χ0v) is 12.6. The van der Waals surface area contributed by atoms with Gasteiger partial charge in [0.1, 0.15) is 17.2 Å². The van der Waals surface area contributed by atoms with Gasteiger partial charge < -0.3 is 9.64 Å². The molecule has 22 heavy (non-hydrogen) atoms. The Morgan fingerprint density at radius 1 is 1.18 bits per heavy atom. The maximum atomic E-state index is 12.1. The molecule has 0 saturated heterocycles. The second-order valence-electron chi connectivity index (χ2n) is 5.09. The number of benzene rings is 1. The Hall–Kier alpha value is -2.82. The summed E-state index contributed by atoms with van der Waals surface area (Å²) in [5, 5.41) is 0. The van der Waals surface area contributed by atoms with E-state index in [1.165, 1.54) is 4.40 Å². The summed E-state index contributed by atoms with van der Waals surface area (Å²) in [6.07, 6.45) is 1.72. The van der Waals surface area contributed by atoms with Crippen LogP contribution < -0.4 is 15.2 Å². The molecule has 0 bridgehead atoms. The fourth-order valence-electron chi connectivity index (χ4n) is 2.36. The van der Waals surface area contributed by atoms with E-state index in [-0.39, 0.29) is 5.56 Å². The molecule has 3 aromatic rings. The van der Waals surface area contributed by atoms with Crippen LogP contribution in [0.2, 0.25) is 0 Å². The first-order valence-corrected chi connectivity index (χ1v) is 7.00. The van der Waals surface area contributed by atoms with Crippen molar-refractivity contribution < 1.29 is 4.74 Å². The Kier molecular flexibility index (Phi) is 3.78. The van der Waals surface area contributed by atoms with Gasteiger partial charge in [0.25, 0.3) is 5.56 Å². The fraction of sp³-hybridized carbons (Fsp3) is 0.176. The minimum atomic E-state index is -0.0851. The van der Waals surface area contributed by atoms with Crippen LogP contribution in [0.4, 0.5) is 5.82 Å². The van der Waals surface area contributed by atoms with Crippen molar-refractivity contribution >= 4 is 11.5 Å². The molecule has 2 heterocycles. The van der Waals surface area contributed by atoms with Crippen molar-refractivity contribution in [1.82, 2.24) is 9.38 Å². The number of fused-ring (bicyclic) bond motifs is 1. The highest BCUT2D eigenvalue weighted by Crippen LogP contribution is 2.16. The summed E-state index contributed by atoms with van der Waals surface area (Å²) in [5.41, 5.74) is 1.65. The number of hydrogen-bond donors (Lipinski definition) is 0. The van der Waals surface area contributed by atoms with Gasteiger partial charge in [0.2, 0.25) is 0 Å². The van der Waals surface area contributed by atoms with Gasteiger partial charge in [-0.25, -0.2) is 4.98 Å². The van der Waals surface area contributed by atoms with Gasteiger partial charge in [0.05, 0.1) is 7.11 Å². The quantitative estimate of drug-likeness (QED) is 0.741. The van der Waals surface area contributed by atoms with Gasteiger partial charge in [-0.2, -0.15) is 0 Å². The van der Waals surface area contributed by atoms with Crippen molar-refractivity contribution in [1.29, 1.82) is 0 Å². The molecule has 0 fully saturated rings. The molecule has 2 aromatic heterocycles. The lowest BCUT2D eigenvalue weighted by Crippen LogP contribution is -2.22. The third-order valence-corrected chi connectivity index (χ3v) is 3.50. The Morgan fingerprint density at radius 3 is 2.86 bits per heavy atom. The first-order chi connectivity index (χ1) is 10.7. The predicted octanol–water partition coefficient (Wildman–Crippen LogP) is 2.34. The first-order valence-electron chi connectivity index (χ1n) is 7.00. The van der Waals surface area contributed by atoms with Crippen LogP contribution in [0.1, 0.15) is 5.56 Å². The van der Waals surface area contributed by atoms with Crippen molar-refractivity contribution in [2.24, 2.45) is 0 Å². The molecule has 0 amide bonds. The Bertz CT molecular complexity index is 858. The average Bonchev–Trinajstić information content (AvgIpc) is 2.55. The average molecular weight is 295 g/mol. The third kappa shape index (κ3) is 2.79. The second kappa shape index (κ2) is 5.89. The number of ether oxygens (including phenoxy) is 1. The topological polar surface area (TPSA) is 46.8 Å². The SMILES string of the molecule is COc1cccc(CN(C)c2cc(=O)n3ccccc3n2)c1. The smallest absolute Gasteiger partial charge is 0.259 e. The van der Waals surface area contributed by atoms with Gasteiger partial charge in [-0.1, -0.05) is 18.2 Å². The lowest BCUT2D eigenvalue weighted by atomic mass is 10.2. The molecule has 1 aromatic carbocycles. The van der Waals surface area contributed by atoms with Gasteiger partial charge in [-0.15, -0.1) is 0 Å². The molecule has 3 rings (SSSR count). The summed E-state index contributed by atoms with van der Waals surface area (Å²) in [4.78, 5) is 18.6. The van der Waals surface area contributed by atoms with E-state index in [2.05, 4.69) is 4.98 Å². The summed E-state index contributed by atoms with van der Waals surface area (Å²) in [6, 6.07) is 14.9. The molecule has 0 N–H and O–H groups in total. The van der Waals surface area contributed by atoms with Crippen LogP contribution in [0, 0.1) is 0 Å². The van der Waals surface area contributed by atoms with Crippen LogP contribution in [0.25, 0.3) is 5.65 Å². The lowest BCUT2D eigenvalue weighted by Gasteiger charge is -2.18. The van der Waals surface area contributed by atoms with Crippen LogP contribution in [0.5, 0.6) is 5.75 Å². The largest absolute Gasteiger partial charge is 0.497 e. The number of aromatic nitrogens is 2. The van der Waals surface area contributed by atoms with E-state index in [1.54, 1.807) is 19.4 Å². The van der Waals surface area contributed by atoms with E-state index < -0.39 is 0 Å². The molecule has 0 unspecified atom stereocenters. The molecule has 5 nitrogen and oxygen atoms in total. The second-order valence-corrected chi connectivity index (χ2v) is 5.09. The summed E-state index contributed by atoms with van der Waals surface area (Å²) in [5.74, 6) is 1.47. The van der Waals surface area contributed by atoms with Crippen molar-refractivity contribution in [2.75, 3.05) is 19.1 Å². The van der Waals surface area contributed by atoms with Crippen molar-refractivity contribution in [3.8, 4) is 5.75 Å². The maximum absolute atomic E-state index is 12.1. The Labute approximate surface area is 128 Å². The van der Waals surface area contributed by atoms with Gasteiger partial charge >= 0.3 is 0 Å². The molecule has 0 saturated carbocycles. The number of rotatable bonds is 4. The van der Waals surface area contributed by atoms with Gasteiger partial charge in [0.15, 0.2) is 0 Å². The predicted molar refractivity (Wildman–Crippen MR) is 86.6 cm³/mol. The molecule has 112 valence electrons. The molecular weight excluding hydrogens is 278 g/mol. The van der Waals surface area contributed by atoms with E-state index in [0.717, 1.165) is 11.3 Å². The van der Waals surface area contributed by atoms with E-state index >= 15 is 0 Å². The number of hydrogen-bond acceptors (Lipinski definition) is 4.